The van der Waals surface area contributed by atoms with Gasteiger partial charge in [0.1, 0.15) is 0 Å². The lowest BCUT2D eigenvalue weighted by molar-refractivity contribution is 0.101. The van der Waals surface area contributed by atoms with Crippen LogP contribution < -0.4 is 10.1 Å². The molecule has 0 bridgehead atoms. The van der Waals surface area contributed by atoms with Gasteiger partial charge in [0.25, 0.3) is 0 Å². The number of rotatable bonds is 7. The summed E-state index contributed by atoms with van der Waals surface area (Å²) >= 11 is 0. The van der Waals surface area contributed by atoms with E-state index in [-0.39, 0.29) is 23.7 Å². The van der Waals surface area contributed by atoms with Crippen molar-refractivity contribution in [3.05, 3.63) is 29.6 Å². The fourth-order valence-electron chi connectivity index (χ4n) is 1.91. The van der Waals surface area contributed by atoms with Gasteiger partial charge in [0, 0.05) is 13.2 Å². The fourth-order valence-corrected chi connectivity index (χ4v) is 1.91. The Morgan fingerprint density at radius 1 is 1.33 bits per heavy atom. The smallest absolute Gasteiger partial charge is 0.165 e. The summed E-state index contributed by atoms with van der Waals surface area (Å²) in [4.78, 5) is 0. The third-order valence-corrected chi connectivity index (χ3v) is 3.00. The first-order chi connectivity index (χ1) is 8.62. The van der Waals surface area contributed by atoms with Crippen LogP contribution in [0.15, 0.2) is 18.2 Å². The van der Waals surface area contributed by atoms with Crippen LogP contribution >= 0.6 is 0 Å². The molecule has 0 spiro atoms. The van der Waals surface area contributed by atoms with Crippen molar-refractivity contribution in [1.29, 1.82) is 0 Å². The van der Waals surface area contributed by atoms with E-state index in [1.165, 1.54) is 13.2 Å². The van der Waals surface area contributed by atoms with Crippen LogP contribution in [-0.4, -0.2) is 26.9 Å². The molecule has 18 heavy (non-hydrogen) atoms. The third-order valence-electron chi connectivity index (χ3n) is 3.00. The molecule has 0 amide bonds. The summed E-state index contributed by atoms with van der Waals surface area (Å²) in [7, 11) is 3.15. The molecule has 0 saturated heterocycles. The monoisotopic (exact) mass is 255 g/mol. The molecular formula is C14H22FNO2. The highest BCUT2D eigenvalue weighted by molar-refractivity contribution is 5.31. The van der Waals surface area contributed by atoms with Gasteiger partial charge in [0.05, 0.1) is 13.2 Å². The predicted molar refractivity (Wildman–Crippen MR) is 70.5 cm³/mol. The molecule has 3 nitrogen and oxygen atoms in total. The zero-order valence-electron chi connectivity index (χ0n) is 11.5. The van der Waals surface area contributed by atoms with E-state index in [2.05, 4.69) is 5.32 Å². The van der Waals surface area contributed by atoms with E-state index in [0.29, 0.717) is 0 Å². The van der Waals surface area contributed by atoms with Crippen LogP contribution in [0.25, 0.3) is 0 Å². The SMILES string of the molecule is CCNC(CC(C)OC)c1ccc(OC)c(F)c1. The molecule has 0 radical (unpaired) electrons. The van der Waals surface area contributed by atoms with E-state index < -0.39 is 0 Å². The highest BCUT2D eigenvalue weighted by Crippen LogP contribution is 2.25. The van der Waals surface area contributed by atoms with E-state index in [1.807, 2.05) is 19.9 Å². The van der Waals surface area contributed by atoms with Crippen molar-refractivity contribution in [2.75, 3.05) is 20.8 Å². The molecule has 0 aliphatic heterocycles. The second kappa shape index (κ2) is 7.34. The summed E-state index contributed by atoms with van der Waals surface area (Å²) in [6.07, 6.45) is 0.926. The summed E-state index contributed by atoms with van der Waals surface area (Å²) in [6.45, 7) is 4.86. The van der Waals surface area contributed by atoms with Crippen LogP contribution in [0.2, 0.25) is 0 Å². The number of halogens is 1. The maximum atomic E-state index is 13.7. The van der Waals surface area contributed by atoms with Gasteiger partial charge in [0.15, 0.2) is 11.6 Å². The van der Waals surface area contributed by atoms with E-state index in [0.717, 1.165) is 18.5 Å². The van der Waals surface area contributed by atoms with E-state index >= 15 is 0 Å². The second-order valence-corrected chi connectivity index (χ2v) is 4.29. The molecule has 0 saturated carbocycles. The zero-order valence-corrected chi connectivity index (χ0v) is 11.5. The summed E-state index contributed by atoms with van der Waals surface area (Å²) in [6, 6.07) is 5.16. The highest BCUT2D eigenvalue weighted by atomic mass is 19.1. The van der Waals surface area contributed by atoms with E-state index in [4.69, 9.17) is 9.47 Å². The van der Waals surface area contributed by atoms with Crippen molar-refractivity contribution in [3.8, 4) is 5.75 Å². The summed E-state index contributed by atoms with van der Waals surface area (Å²) in [5.41, 5.74) is 0.916. The van der Waals surface area contributed by atoms with E-state index in [9.17, 15) is 4.39 Å². The van der Waals surface area contributed by atoms with Crippen LogP contribution in [0, 0.1) is 5.82 Å². The third kappa shape index (κ3) is 3.96. The van der Waals surface area contributed by atoms with Crippen LogP contribution in [0.3, 0.4) is 0 Å². The molecule has 2 atom stereocenters. The molecule has 4 heteroatoms. The van der Waals surface area contributed by atoms with Gasteiger partial charge in [-0.05, 0) is 37.6 Å². The standard InChI is InChI=1S/C14H22FNO2/c1-5-16-13(8-10(2)17-3)11-6-7-14(18-4)12(15)9-11/h6-7,9-10,13,16H,5,8H2,1-4H3. The number of ether oxygens (including phenoxy) is 2. The van der Waals surface area contributed by atoms with Crippen LogP contribution in [-0.2, 0) is 4.74 Å². The number of benzene rings is 1. The van der Waals surface area contributed by atoms with Crippen molar-refractivity contribution < 1.29 is 13.9 Å². The Hall–Kier alpha value is -1.13. The van der Waals surface area contributed by atoms with Crippen LogP contribution in [0.5, 0.6) is 5.75 Å². The molecule has 0 fully saturated rings. The molecule has 1 rings (SSSR count). The first-order valence-corrected chi connectivity index (χ1v) is 6.22. The van der Waals surface area contributed by atoms with Crippen LogP contribution in [0.4, 0.5) is 4.39 Å². The lowest BCUT2D eigenvalue weighted by Crippen LogP contribution is -2.25. The number of hydrogen-bond donors (Lipinski definition) is 1. The molecule has 0 heterocycles. The summed E-state index contributed by atoms with van der Waals surface area (Å²) in [5, 5.41) is 3.34. The Kier molecular flexibility index (Phi) is 6.09. The Morgan fingerprint density at radius 2 is 2.06 bits per heavy atom. The number of hydrogen-bond acceptors (Lipinski definition) is 3. The van der Waals surface area contributed by atoms with Crippen molar-refractivity contribution in [1.82, 2.24) is 5.32 Å². The van der Waals surface area contributed by atoms with Gasteiger partial charge in [-0.15, -0.1) is 0 Å². The van der Waals surface area contributed by atoms with Gasteiger partial charge in [-0.3, -0.25) is 0 Å². The van der Waals surface area contributed by atoms with Crippen molar-refractivity contribution in [2.24, 2.45) is 0 Å². The lowest BCUT2D eigenvalue weighted by atomic mass is 10.0. The molecule has 2 unspecified atom stereocenters. The zero-order chi connectivity index (χ0) is 13.5. The summed E-state index contributed by atoms with van der Waals surface area (Å²) in [5.74, 6) is -0.0586. The Balaban J connectivity index is 2.87. The van der Waals surface area contributed by atoms with Gasteiger partial charge in [0.2, 0.25) is 0 Å². The minimum absolute atomic E-state index is 0.0883. The predicted octanol–water partition coefficient (Wildman–Crippen LogP) is 2.91. The Labute approximate surface area is 108 Å². The number of methoxy groups -OCH3 is 2. The first-order valence-electron chi connectivity index (χ1n) is 6.22. The van der Waals surface area contributed by atoms with Crippen molar-refractivity contribution in [3.63, 3.8) is 0 Å². The Bertz CT molecular complexity index is 371. The van der Waals surface area contributed by atoms with Gasteiger partial charge >= 0.3 is 0 Å². The lowest BCUT2D eigenvalue weighted by Gasteiger charge is -2.22. The minimum Gasteiger partial charge on any atom is -0.494 e. The average Bonchev–Trinajstić information content (AvgIpc) is 2.38. The maximum Gasteiger partial charge on any atom is 0.165 e. The first kappa shape index (κ1) is 14.9. The van der Waals surface area contributed by atoms with Gasteiger partial charge < -0.3 is 14.8 Å². The fraction of sp³-hybridized carbons (Fsp3) is 0.571. The molecular weight excluding hydrogens is 233 g/mol. The average molecular weight is 255 g/mol. The molecule has 1 N–H and O–H groups in total. The van der Waals surface area contributed by atoms with Gasteiger partial charge in [-0.1, -0.05) is 13.0 Å². The molecule has 0 aliphatic rings. The molecule has 1 aromatic rings. The van der Waals surface area contributed by atoms with Crippen molar-refractivity contribution >= 4 is 0 Å². The second-order valence-electron chi connectivity index (χ2n) is 4.29. The van der Waals surface area contributed by atoms with Gasteiger partial charge in [-0.2, -0.15) is 0 Å². The molecule has 0 aromatic heterocycles. The Morgan fingerprint density at radius 3 is 2.56 bits per heavy atom. The topological polar surface area (TPSA) is 30.5 Å². The molecule has 102 valence electrons. The molecule has 1 aromatic carbocycles. The quantitative estimate of drug-likeness (QED) is 0.812. The highest BCUT2D eigenvalue weighted by Gasteiger charge is 2.16. The molecule has 0 aliphatic carbocycles. The summed E-state index contributed by atoms with van der Waals surface area (Å²) < 4.78 is 23.9. The van der Waals surface area contributed by atoms with Crippen LogP contribution in [0.1, 0.15) is 31.9 Å². The van der Waals surface area contributed by atoms with Crippen molar-refractivity contribution in [2.45, 2.75) is 32.4 Å². The van der Waals surface area contributed by atoms with Gasteiger partial charge in [-0.25, -0.2) is 4.39 Å². The maximum absolute atomic E-state index is 13.7. The largest absolute Gasteiger partial charge is 0.494 e. The normalized spacial score (nSPS) is 14.3. The minimum atomic E-state index is -0.331. The number of nitrogens with one attached hydrogen (secondary N) is 1. The van der Waals surface area contributed by atoms with E-state index in [1.54, 1.807) is 13.2 Å².